The van der Waals surface area contributed by atoms with Crippen molar-refractivity contribution >= 4 is 23.0 Å². The fourth-order valence-corrected chi connectivity index (χ4v) is 2.46. The highest BCUT2D eigenvalue weighted by molar-refractivity contribution is 5.86. The van der Waals surface area contributed by atoms with E-state index in [-0.39, 0.29) is 6.42 Å². The Labute approximate surface area is 135 Å². The minimum absolute atomic E-state index is 0.190. The number of carboxylic acid groups (broad SMARTS) is 1. The van der Waals surface area contributed by atoms with Crippen LogP contribution in [0.5, 0.6) is 0 Å². The molecular formula is C17H22N2O4. The number of rotatable bonds is 4. The van der Waals surface area contributed by atoms with Crippen molar-refractivity contribution in [2.24, 2.45) is 7.05 Å². The van der Waals surface area contributed by atoms with Crippen molar-refractivity contribution in [1.82, 2.24) is 9.88 Å². The van der Waals surface area contributed by atoms with E-state index in [1.807, 2.05) is 42.1 Å². The van der Waals surface area contributed by atoms with E-state index in [0.717, 1.165) is 16.5 Å². The van der Waals surface area contributed by atoms with Crippen molar-refractivity contribution in [2.45, 2.75) is 38.8 Å². The zero-order chi connectivity index (χ0) is 17.2. The third-order valence-corrected chi connectivity index (χ3v) is 3.39. The van der Waals surface area contributed by atoms with Crippen molar-refractivity contribution in [3.63, 3.8) is 0 Å². The number of nitrogens with one attached hydrogen (secondary N) is 1. The molecular weight excluding hydrogens is 296 g/mol. The van der Waals surface area contributed by atoms with Gasteiger partial charge < -0.3 is 19.7 Å². The summed E-state index contributed by atoms with van der Waals surface area (Å²) in [6, 6.07) is 6.70. The Morgan fingerprint density at radius 1 is 1.30 bits per heavy atom. The first-order valence-corrected chi connectivity index (χ1v) is 7.42. The van der Waals surface area contributed by atoms with E-state index in [1.54, 1.807) is 20.8 Å². The van der Waals surface area contributed by atoms with Crippen LogP contribution in [0.1, 0.15) is 26.3 Å². The van der Waals surface area contributed by atoms with Crippen LogP contribution in [0.15, 0.2) is 30.5 Å². The molecule has 2 rings (SSSR count). The van der Waals surface area contributed by atoms with Crippen molar-refractivity contribution < 1.29 is 19.4 Å². The van der Waals surface area contributed by atoms with Gasteiger partial charge in [0.25, 0.3) is 0 Å². The van der Waals surface area contributed by atoms with Crippen LogP contribution in [-0.4, -0.2) is 33.4 Å². The third-order valence-electron chi connectivity index (χ3n) is 3.39. The van der Waals surface area contributed by atoms with Gasteiger partial charge in [0, 0.05) is 30.6 Å². The molecule has 2 N–H and O–H groups in total. The molecule has 0 fully saturated rings. The van der Waals surface area contributed by atoms with Gasteiger partial charge in [-0.15, -0.1) is 0 Å². The second-order valence-electron chi connectivity index (χ2n) is 6.52. The molecule has 0 saturated heterocycles. The predicted octanol–water partition coefficient (Wildman–Crippen LogP) is 2.70. The lowest BCUT2D eigenvalue weighted by atomic mass is 10.1. The van der Waals surface area contributed by atoms with Crippen molar-refractivity contribution in [3.05, 3.63) is 36.0 Å². The fraction of sp³-hybridized carbons (Fsp3) is 0.412. The molecule has 6 nitrogen and oxygen atoms in total. The maximum absolute atomic E-state index is 11.8. The first-order valence-electron chi connectivity index (χ1n) is 7.42. The fourth-order valence-electron chi connectivity index (χ4n) is 2.46. The van der Waals surface area contributed by atoms with Crippen molar-refractivity contribution in [2.75, 3.05) is 0 Å². The van der Waals surface area contributed by atoms with Crippen LogP contribution in [-0.2, 0) is 23.0 Å². The largest absolute Gasteiger partial charge is 0.480 e. The second kappa shape index (κ2) is 6.32. The number of aryl methyl sites for hydroxylation is 1. The Balaban J connectivity index is 2.19. The number of alkyl carbamates (subject to hydrolysis) is 1. The molecule has 1 aromatic carbocycles. The number of hydrogen-bond donors (Lipinski definition) is 2. The van der Waals surface area contributed by atoms with E-state index in [9.17, 15) is 14.7 Å². The average Bonchev–Trinajstić information content (AvgIpc) is 2.73. The zero-order valence-electron chi connectivity index (χ0n) is 13.8. The normalized spacial score (nSPS) is 12.9. The quantitative estimate of drug-likeness (QED) is 0.908. The summed E-state index contributed by atoms with van der Waals surface area (Å²) in [7, 11) is 1.91. The molecule has 1 heterocycles. The van der Waals surface area contributed by atoms with Crippen LogP contribution in [0.2, 0.25) is 0 Å². The van der Waals surface area contributed by atoms with Gasteiger partial charge in [-0.05, 0) is 32.4 Å². The van der Waals surface area contributed by atoms with Gasteiger partial charge in [-0.2, -0.15) is 0 Å². The molecule has 1 amide bonds. The average molecular weight is 318 g/mol. The summed E-state index contributed by atoms with van der Waals surface area (Å²) in [4.78, 5) is 23.3. The molecule has 0 radical (unpaired) electrons. The van der Waals surface area contributed by atoms with Gasteiger partial charge in [-0.1, -0.05) is 18.2 Å². The summed E-state index contributed by atoms with van der Waals surface area (Å²) >= 11 is 0. The van der Waals surface area contributed by atoms with Gasteiger partial charge in [0.15, 0.2) is 0 Å². The zero-order valence-corrected chi connectivity index (χ0v) is 13.8. The molecule has 124 valence electrons. The van der Waals surface area contributed by atoms with Crippen LogP contribution in [0.4, 0.5) is 4.79 Å². The molecule has 0 unspecified atom stereocenters. The van der Waals surface area contributed by atoms with E-state index in [0.29, 0.717) is 0 Å². The van der Waals surface area contributed by atoms with E-state index < -0.39 is 23.7 Å². The van der Waals surface area contributed by atoms with Crippen LogP contribution in [0.25, 0.3) is 10.9 Å². The predicted molar refractivity (Wildman–Crippen MR) is 87.4 cm³/mol. The molecule has 6 heteroatoms. The molecule has 0 aliphatic heterocycles. The number of para-hydroxylation sites is 1. The lowest BCUT2D eigenvalue weighted by Crippen LogP contribution is -2.44. The van der Waals surface area contributed by atoms with Gasteiger partial charge in [0.2, 0.25) is 0 Å². The molecule has 0 bridgehead atoms. The number of aromatic nitrogens is 1. The molecule has 0 saturated carbocycles. The minimum Gasteiger partial charge on any atom is -0.480 e. The van der Waals surface area contributed by atoms with Gasteiger partial charge in [-0.25, -0.2) is 9.59 Å². The third kappa shape index (κ3) is 4.25. The molecule has 23 heavy (non-hydrogen) atoms. The van der Waals surface area contributed by atoms with Gasteiger partial charge in [-0.3, -0.25) is 0 Å². The number of fused-ring (bicyclic) bond motifs is 1. The molecule has 1 atom stereocenters. The summed E-state index contributed by atoms with van der Waals surface area (Å²) in [6.07, 6.45) is 1.35. The van der Waals surface area contributed by atoms with E-state index in [4.69, 9.17) is 4.74 Å². The number of carboxylic acids is 1. The number of benzene rings is 1. The summed E-state index contributed by atoms with van der Waals surface area (Å²) in [5, 5.41) is 12.8. The molecule has 0 aliphatic carbocycles. The number of hydrogen-bond acceptors (Lipinski definition) is 3. The van der Waals surface area contributed by atoms with E-state index in [1.165, 1.54) is 0 Å². The lowest BCUT2D eigenvalue weighted by Gasteiger charge is -2.22. The number of nitrogens with zero attached hydrogens (tertiary/aromatic N) is 1. The Morgan fingerprint density at radius 3 is 2.57 bits per heavy atom. The van der Waals surface area contributed by atoms with Crippen LogP contribution in [0, 0.1) is 0 Å². The summed E-state index contributed by atoms with van der Waals surface area (Å²) in [6.45, 7) is 5.19. The first-order chi connectivity index (χ1) is 10.7. The van der Waals surface area contributed by atoms with E-state index in [2.05, 4.69) is 5.32 Å². The maximum Gasteiger partial charge on any atom is 0.408 e. The number of amides is 1. The number of carbonyl (C=O) groups is 2. The van der Waals surface area contributed by atoms with Crippen molar-refractivity contribution in [3.8, 4) is 0 Å². The minimum atomic E-state index is -1.09. The standard InChI is InChI=1S/C17H22N2O4/c1-17(2,3)23-16(22)18-13(15(20)21)9-11-10-19(4)14-8-6-5-7-12(11)14/h5-8,10,13H,9H2,1-4H3,(H,18,22)(H,20,21)/t13-/m0/s1. The number of carbonyl (C=O) groups excluding carboxylic acids is 1. The Bertz CT molecular complexity index is 728. The monoisotopic (exact) mass is 318 g/mol. The summed E-state index contributed by atoms with van der Waals surface area (Å²) in [5.74, 6) is -1.09. The highest BCUT2D eigenvalue weighted by atomic mass is 16.6. The Hall–Kier alpha value is -2.50. The smallest absolute Gasteiger partial charge is 0.408 e. The Morgan fingerprint density at radius 2 is 1.96 bits per heavy atom. The van der Waals surface area contributed by atoms with E-state index >= 15 is 0 Å². The topological polar surface area (TPSA) is 80.6 Å². The lowest BCUT2D eigenvalue weighted by molar-refractivity contribution is -0.139. The Kier molecular flexibility index (Phi) is 4.63. The summed E-state index contributed by atoms with van der Waals surface area (Å²) < 4.78 is 7.07. The molecule has 2 aromatic rings. The molecule has 1 aromatic heterocycles. The van der Waals surface area contributed by atoms with Gasteiger partial charge in [0.1, 0.15) is 11.6 Å². The highest BCUT2D eigenvalue weighted by Crippen LogP contribution is 2.21. The SMILES string of the molecule is Cn1cc(C[C@H](NC(=O)OC(C)(C)C)C(=O)O)c2ccccc21. The summed E-state index contributed by atoms with van der Waals surface area (Å²) in [5.41, 5.74) is 1.21. The van der Waals surface area contributed by atoms with Crippen LogP contribution < -0.4 is 5.32 Å². The highest BCUT2D eigenvalue weighted by Gasteiger charge is 2.25. The van der Waals surface area contributed by atoms with Gasteiger partial charge in [0.05, 0.1) is 0 Å². The first kappa shape index (κ1) is 16.9. The van der Waals surface area contributed by atoms with Crippen LogP contribution >= 0.6 is 0 Å². The maximum atomic E-state index is 11.8. The van der Waals surface area contributed by atoms with Crippen molar-refractivity contribution in [1.29, 1.82) is 0 Å². The van der Waals surface area contributed by atoms with Gasteiger partial charge >= 0.3 is 12.1 Å². The van der Waals surface area contributed by atoms with Crippen LogP contribution in [0.3, 0.4) is 0 Å². The number of ether oxygens (including phenoxy) is 1. The molecule has 0 aliphatic rings. The number of aliphatic carboxylic acids is 1. The second-order valence-corrected chi connectivity index (χ2v) is 6.52. The molecule has 0 spiro atoms.